The summed E-state index contributed by atoms with van der Waals surface area (Å²) in [6.45, 7) is 0. The Kier molecular flexibility index (Phi) is 3.57. The standard InChI is InChI=1S/C14H16N2O2S/c1-16(2)14-6-4-5-13(15-14)11-7-9-12(10-8-11)19(3,17)18/h4-10H,1-3H3. The number of nitrogens with zero attached hydrogens (tertiary/aromatic N) is 2. The van der Waals surface area contributed by atoms with Crippen LogP contribution in [0.2, 0.25) is 0 Å². The first kappa shape index (κ1) is 13.5. The minimum Gasteiger partial charge on any atom is -0.363 e. The summed E-state index contributed by atoms with van der Waals surface area (Å²) in [6.07, 6.45) is 1.20. The van der Waals surface area contributed by atoms with E-state index in [1.54, 1.807) is 24.3 Å². The molecule has 1 aromatic heterocycles. The average Bonchev–Trinajstić information content (AvgIpc) is 2.38. The molecule has 0 aliphatic heterocycles. The highest BCUT2D eigenvalue weighted by atomic mass is 32.2. The van der Waals surface area contributed by atoms with Crippen molar-refractivity contribution in [3.05, 3.63) is 42.5 Å². The molecule has 0 N–H and O–H groups in total. The predicted octanol–water partition coefficient (Wildman–Crippen LogP) is 2.22. The van der Waals surface area contributed by atoms with Crippen LogP contribution in [0.3, 0.4) is 0 Å². The van der Waals surface area contributed by atoms with E-state index in [1.807, 2.05) is 37.2 Å². The molecular formula is C14H16N2O2S. The van der Waals surface area contributed by atoms with Crippen LogP contribution in [0.1, 0.15) is 0 Å². The molecule has 1 heterocycles. The van der Waals surface area contributed by atoms with Crippen LogP contribution >= 0.6 is 0 Å². The Balaban J connectivity index is 2.40. The van der Waals surface area contributed by atoms with Gasteiger partial charge in [-0.15, -0.1) is 0 Å². The molecule has 2 aromatic rings. The number of rotatable bonds is 3. The maximum atomic E-state index is 11.4. The molecule has 0 fully saturated rings. The van der Waals surface area contributed by atoms with Crippen LogP contribution in [0.5, 0.6) is 0 Å². The highest BCUT2D eigenvalue weighted by Crippen LogP contribution is 2.21. The van der Waals surface area contributed by atoms with Gasteiger partial charge in [-0.3, -0.25) is 0 Å². The minimum absolute atomic E-state index is 0.319. The van der Waals surface area contributed by atoms with Gasteiger partial charge in [-0.2, -0.15) is 0 Å². The Morgan fingerprint density at radius 2 is 1.63 bits per heavy atom. The van der Waals surface area contributed by atoms with E-state index in [4.69, 9.17) is 0 Å². The van der Waals surface area contributed by atoms with Gasteiger partial charge in [-0.05, 0) is 24.3 Å². The molecule has 0 saturated carbocycles. The molecule has 0 aliphatic rings. The molecule has 5 heteroatoms. The molecule has 0 saturated heterocycles. The lowest BCUT2D eigenvalue weighted by molar-refractivity contribution is 0.602. The average molecular weight is 276 g/mol. The Morgan fingerprint density at radius 1 is 1.00 bits per heavy atom. The lowest BCUT2D eigenvalue weighted by Gasteiger charge is -2.12. The van der Waals surface area contributed by atoms with Crippen molar-refractivity contribution in [2.45, 2.75) is 4.90 Å². The van der Waals surface area contributed by atoms with Crippen molar-refractivity contribution in [1.29, 1.82) is 0 Å². The van der Waals surface area contributed by atoms with Gasteiger partial charge < -0.3 is 4.90 Å². The smallest absolute Gasteiger partial charge is 0.175 e. The van der Waals surface area contributed by atoms with Crippen LogP contribution in [-0.2, 0) is 9.84 Å². The van der Waals surface area contributed by atoms with Crippen molar-refractivity contribution in [2.75, 3.05) is 25.3 Å². The molecule has 4 nitrogen and oxygen atoms in total. The van der Waals surface area contributed by atoms with E-state index in [0.717, 1.165) is 17.1 Å². The quantitative estimate of drug-likeness (QED) is 0.862. The monoisotopic (exact) mass is 276 g/mol. The Bertz CT molecular complexity index is 677. The number of benzene rings is 1. The van der Waals surface area contributed by atoms with Crippen molar-refractivity contribution < 1.29 is 8.42 Å². The van der Waals surface area contributed by atoms with E-state index in [9.17, 15) is 8.42 Å². The second-order valence-corrected chi connectivity index (χ2v) is 6.59. The normalized spacial score (nSPS) is 11.3. The molecule has 0 bridgehead atoms. The summed E-state index contributed by atoms with van der Waals surface area (Å²) in [6, 6.07) is 12.5. The molecule has 100 valence electrons. The summed E-state index contributed by atoms with van der Waals surface area (Å²) < 4.78 is 22.8. The van der Waals surface area contributed by atoms with Crippen molar-refractivity contribution in [3.8, 4) is 11.3 Å². The number of aromatic nitrogens is 1. The van der Waals surface area contributed by atoms with E-state index in [1.165, 1.54) is 6.26 Å². The van der Waals surface area contributed by atoms with Gasteiger partial charge in [0, 0.05) is 25.9 Å². The van der Waals surface area contributed by atoms with Gasteiger partial charge in [0.15, 0.2) is 9.84 Å². The second kappa shape index (κ2) is 5.01. The summed E-state index contributed by atoms with van der Waals surface area (Å²) >= 11 is 0. The van der Waals surface area contributed by atoms with E-state index >= 15 is 0 Å². The van der Waals surface area contributed by atoms with Crippen LogP contribution in [0.15, 0.2) is 47.4 Å². The van der Waals surface area contributed by atoms with Gasteiger partial charge in [-0.25, -0.2) is 13.4 Å². The van der Waals surface area contributed by atoms with E-state index in [0.29, 0.717) is 4.90 Å². The summed E-state index contributed by atoms with van der Waals surface area (Å²) in [5.41, 5.74) is 1.72. The highest BCUT2D eigenvalue weighted by Gasteiger charge is 2.07. The van der Waals surface area contributed by atoms with E-state index in [-0.39, 0.29) is 0 Å². The third kappa shape index (κ3) is 3.12. The number of hydrogen-bond acceptors (Lipinski definition) is 4. The summed E-state index contributed by atoms with van der Waals surface area (Å²) in [4.78, 5) is 6.76. The van der Waals surface area contributed by atoms with Crippen molar-refractivity contribution >= 4 is 15.7 Å². The Morgan fingerprint density at radius 3 is 2.16 bits per heavy atom. The second-order valence-electron chi connectivity index (χ2n) is 4.57. The number of hydrogen-bond donors (Lipinski definition) is 0. The van der Waals surface area contributed by atoms with Crippen molar-refractivity contribution in [1.82, 2.24) is 4.98 Å². The molecule has 19 heavy (non-hydrogen) atoms. The first-order valence-corrected chi connectivity index (χ1v) is 7.72. The third-order valence-corrected chi connectivity index (χ3v) is 3.90. The van der Waals surface area contributed by atoms with E-state index < -0.39 is 9.84 Å². The predicted molar refractivity (Wildman–Crippen MR) is 77.1 cm³/mol. The first-order valence-electron chi connectivity index (χ1n) is 5.83. The van der Waals surface area contributed by atoms with Gasteiger partial charge in [0.1, 0.15) is 5.82 Å². The van der Waals surface area contributed by atoms with Crippen LogP contribution in [0, 0.1) is 0 Å². The first-order chi connectivity index (χ1) is 8.88. The topological polar surface area (TPSA) is 50.3 Å². The Hall–Kier alpha value is -1.88. The van der Waals surface area contributed by atoms with Crippen LogP contribution in [-0.4, -0.2) is 33.8 Å². The highest BCUT2D eigenvalue weighted by molar-refractivity contribution is 7.90. The maximum absolute atomic E-state index is 11.4. The van der Waals surface area contributed by atoms with Crippen LogP contribution in [0.4, 0.5) is 5.82 Å². The van der Waals surface area contributed by atoms with Gasteiger partial charge in [0.05, 0.1) is 10.6 Å². The number of sulfone groups is 1. The minimum atomic E-state index is -3.15. The summed E-state index contributed by atoms with van der Waals surface area (Å²) in [5, 5.41) is 0. The van der Waals surface area contributed by atoms with Gasteiger partial charge in [-0.1, -0.05) is 18.2 Å². The van der Waals surface area contributed by atoms with Crippen molar-refractivity contribution in [3.63, 3.8) is 0 Å². The fraction of sp³-hybridized carbons (Fsp3) is 0.214. The summed E-state index contributed by atoms with van der Waals surface area (Å²) in [5.74, 6) is 0.865. The molecule has 0 amide bonds. The molecule has 0 atom stereocenters. The fourth-order valence-corrected chi connectivity index (χ4v) is 2.34. The molecule has 0 unspecified atom stereocenters. The van der Waals surface area contributed by atoms with Crippen molar-refractivity contribution in [2.24, 2.45) is 0 Å². The number of pyridine rings is 1. The zero-order valence-electron chi connectivity index (χ0n) is 11.2. The molecule has 0 spiro atoms. The Labute approximate surface area is 113 Å². The molecule has 2 rings (SSSR count). The largest absolute Gasteiger partial charge is 0.363 e. The maximum Gasteiger partial charge on any atom is 0.175 e. The van der Waals surface area contributed by atoms with Gasteiger partial charge in [0.2, 0.25) is 0 Å². The SMILES string of the molecule is CN(C)c1cccc(-c2ccc(S(C)(=O)=O)cc2)n1. The fourth-order valence-electron chi connectivity index (χ4n) is 1.71. The lowest BCUT2D eigenvalue weighted by atomic mass is 10.1. The zero-order chi connectivity index (χ0) is 14.0. The lowest BCUT2D eigenvalue weighted by Crippen LogP contribution is -2.10. The third-order valence-electron chi connectivity index (χ3n) is 2.77. The van der Waals surface area contributed by atoms with Gasteiger partial charge >= 0.3 is 0 Å². The summed E-state index contributed by atoms with van der Waals surface area (Å²) in [7, 11) is 0.707. The zero-order valence-corrected chi connectivity index (χ0v) is 12.0. The van der Waals surface area contributed by atoms with Gasteiger partial charge in [0.25, 0.3) is 0 Å². The van der Waals surface area contributed by atoms with Crippen LogP contribution < -0.4 is 4.90 Å². The molecule has 0 radical (unpaired) electrons. The van der Waals surface area contributed by atoms with E-state index in [2.05, 4.69) is 4.98 Å². The molecule has 0 aliphatic carbocycles. The van der Waals surface area contributed by atoms with Crippen LogP contribution in [0.25, 0.3) is 11.3 Å². The number of anilines is 1. The molecule has 1 aromatic carbocycles. The molecular weight excluding hydrogens is 260 g/mol.